The van der Waals surface area contributed by atoms with E-state index in [4.69, 9.17) is 0 Å². The van der Waals surface area contributed by atoms with Crippen LogP contribution in [0.2, 0.25) is 0 Å². The number of rotatable bonds is 2. The molecule has 0 spiro atoms. The molecule has 0 saturated carbocycles. The molecule has 0 radical (unpaired) electrons. The molecule has 1 N–H and O–H groups in total. The minimum Gasteiger partial charge on any atom is -0.373 e. The van der Waals surface area contributed by atoms with Crippen molar-refractivity contribution in [1.29, 1.82) is 0 Å². The normalized spacial score (nSPS) is 14.6. The number of benzene rings is 1. The Morgan fingerprint density at radius 1 is 1.11 bits per heavy atom. The van der Waals surface area contributed by atoms with Crippen molar-refractivity contribution in [3.05, 3.63) is 33.9 Å². The van der Waals surface area contributed by atoms with E-state index in [1.54, 1.807) is 0 Å². The van der Waals surface area contributed by atoms with Crippen LogP contribution in [-0.2, 0) is 6.42 Å². The molecule has 0 aromatic heterocycles. The topological polar surface area (TPSA) is 24.4 Å². The van der Waals surface area contributed by atoms with Gasteiger partial charge in [-0.15, -0.1) is 12.4 Å². The average molecular weight is 267 g/mol. The maximum atomic E-state index is 4.57. The Morgan fingerprint density at radius 3 is 2.22 bits per heavy atom. The van der Waals surface area contributed by atoms with Gasteiger partial charge < -0.3 is 5.32 Å². The van der Waals surface area contributed by atoms with Gasteiger partial charge in [-0.05, 0) is 61.9 Å². The van der Waals surface area contributed by atoms with Crippen molar-refractivity contribution in [2.24, 2.45) is 4.99 Å². The molecule has 2 nitrogen and oxygen atoms in total. The monoisotopic (exact) mass is 266 g/mol. The van der Waals surface area contributed by atoms with E-state index in [2.05, 4.69) is 44.1 Å². The predicted molar refractivity (Wildman–Crippen MR) is 81.3 cm³/mol. The molecule has 1 aliphatic rings. The lowest BCUT2D eigenvalue weighted by atomic mass is 9.92. The lowest BCUT2D eigenvalue weighted by Gasteiger charge is -2.19. The van der Waals surface area contributed by atoms with Crippen LogP contribution < -0.4 is 5.32 Å². The summed E-state index contributed by atoms with van der Waals surface area (Å²) in [5.74, 6) is 1.16. The van der Waals surface area contributed by atoms with E-state index in [0.29, 0.717) is 0 Å². The Hall–Kier alpha value is -1.02. The summed E-state index contributed by atoms with van der Waals surface area (Å²) in [5.41, 5.74) is 7.07. The van der Waals surface area contributed by atoms with Crippen molar-refractivity contribution in [3.63, 3.8) is 0 Å². The van der Waals surface area contributed by atoms with Crippen LogP contribution in [0.25, 0.3) is 0 Å². The summed E-state index contributed by atoms with van der Waals surface area (Å²) in [7, 11) is 0. The molecule has 18 heavy (non-hydrogen) atoms. The molecule has 0 bridgehead atoms. The highest BCUT2D eigenvalue weighted by Crippen LogP contribution is 2.22. The summed E-state index contributed by atoms with van der Waals surface area (Å²) in [5, 5.41) is 3.41. The van der Waals surface area contributed by atoms with Gasteiger partial charge in [-0.25, -0.2) is 0 Å². The molecular weight excluding hydrogens is 244 g/mol. The van der Waals surface area contributed by atoms with E-state index >= 15 is 0 Å². The minimum absolute atomic E-state index is 0. The first-order chi connectivity index (χ1) is 8.09. The fourth-order valence-corrected chi connectivity index (χ4v) is 2.43. The van der Waals surface area contributed by atoms with Crippen LogP contribution in [0.5, 0.6) is 0 Å². The molecule has 1 heterocycles. The van der Waals surface area contributed by atoms with Gasteiger partial charge in [0.1, 0.15) is 5.84 Å². The molecule has 1 aromatic rings. The van der Waals surface area contributed by atoms with E-state index in [1.807, 2.05) is 0 Å². The van der Waals surface area contributed by atoms with E-state index in [0.717, 1.165) is 31.8 Å². The van der Waals surface area contributed by atoms with Gasteiger partial charge in [0.2, 0.25) is 0 Å². The van der Waals surface area contributed by atoms with Gasteiger partial charge in [-0.2, -0.15) is 0 Å². The van der Waals surface area contributed by atoms with Crippen molar-refractivity contribution in [2.75, 3.05) is 13.1 Å². The Bertz CT molecular complexity index is 438. The van der Waals surface area contributed by atoms with Crippen LogP contribution in [0.1, 0.15) is 34.2 Å². The third kappa shape index (κ3) is 3.05. The molecule has 0 atom stereocenters. The van der Waals surface area contributed by atoms with Crippen molar-refractivity contribution < 1.29 is 0 Å². The Morgan fingerprint density at radius 2 is 1.72 bits per heavy atom. The third-order valence-corrected chi connectivity index (χ3v) is 3.83. The zero-order valence-electron chi connectivity index (χ0n) is 11.8. The Kier molecular flexibility index (Phi) is 5.21. The highest BCUT2D eigenvalue weighted by atomic mass is 35.5. The van der Waals surface area contributed by atoms with Gasteiger partial charge in [-0.1, -0.05) is 6.07 Å². The molecule has 1 aliphatic heterocycles. The molecule has 0 aliphatic carbocycles. The molecule has 0 saturated heterocycles. The number of nitrogens with zero attached hydrogens (tertiary/aromatic N) is 1. The Balaban J connectivity index is 0.00000162. The zero-order chi connectivity index (χ0) is 12.4. The highest BCUT2D eigenvalue weighted by Gasteiger charge is 2.12. The van der Waals surface area contributed by atoms with Gasteiger partial charge in [0, 0.05) is 19.5 Å². The van der Waals surface area contributed by atoms with Crippen LogP contribution in [0.15, 0.2) is 11.1 Å². The van der Waals surface area contributed by atoms with Crippen molar-refractivity contribution >= 4 is 18.2 Å². The second kappa shape index (κ2) is 6.24. The number of nitrogens with one attached hydrogen (secondary N) is 1. The van der Waals surface area contributed by atoms with Gasteiger partial charge in [0.15, 0.2) is 0 Å². The summed E-state index contributed by atoms with van der Waals surface area (Å²) >= 11 is 0. The third-order valence-electron chi connectivity index (χ3n) is 3.83. The summed E-state index contributed by atoms with van der Waals surface area (Å²) in [6.07, 6.45) is 2.12. The van der Waals surface area contributed by atoms with Crippen LogP contribution in [-0.4, -0.2) is 18.9 Å². The average Bonchev–Trinajstić information content (AvgIpc) is 2.33. The van der Waals surface area contributed by atoms with Gasteiger partial charge in [0.05, 0.1) is 0 Å². The van der Waals surface area contributed by atoms with E-state index in [1.165, 1.54) is 27.8 Å². The molecule has 1 aromatic carbocycles. The molecular formula is C15H23ClN2. The van der Waals surface area contributed by atoms with Crippen molar-refractivity contribution in [3.8, 4) is 0 Å². The first-order valence-corrected chi connectivity index (χ1v) is 6.43. The highest BCUT2D eigenvalue weighted by molar-refractivity contribution is 5.86. The van der Waals surface area contributed by atoms with E-state index < -0.39 is 0 Å². The fraction of sp³-hybridized carbons (Fsp3) is 0.533. The summed E-state index contributed by atoms with van der Waals surface area (Å²) in [6.45, 7) is 10.9. The maximum absolute atomic E-state index is 4.57. The zero-order valence-corrected chi connectivity index (χ0v) is 12.6. The molecule has 0 unspecified atom stereocenters. The largest absolute Gasteiger partial charge is 0.373 e. The summed E-state index contributed by atoms with van der Waals surface area (Å²) in [6, 6.07) is 2.28. The van der Waals surface area contributed by atoms with E-state index in [9.17, 15) is 0 Å². The number of hydrogen-bond donors (Lipinski definition) is 1. The van der Waals surface area contributed by atoms with Gasteiger partial charge in [0.25, 0.3) is 0 Å². The first-order valence-electron chi connectivity index (χ1n) is 6.43. The Labute approximate surface area is 116 Å². The lowest BCUT2D eigenvalue weighted by molar-refractivity contribution is 0.730. The van der Waals surface area contributed by atoms with Gasteiger partial charge >= 0.3 is 0 Å². The van der Waals surface area contributed by atoms with Gasteiger partial charge in [-0.3, -0.25) is 4.99 Å². The standard InChI is InChI=1S/C15H22N2.ClH/c1-10-8-11(2)13(4)14(12(10)3)9-15-16-6-5-7-17-15;/h8H,5-7,9H2,1-4H3,(H,16,17);1H. The SMILES string of the molecule is Cc1cc(C)c(C)c(CC2=NCCCN2)c1C.Cl. The van der Waals surface area contributed by atoms with Crippen LogP contribution in [0, 0.1) is 27.7 Å². The summed E-state index contributed by atoms with van der Waals surface area (Å²) in [4.78, 5) is 4.57. The van der Waals surface area contributed by atoms with Crippen LogP contribution in [0.3, 0.4) is 0 Å². The van der Waals surface area contributed by atoms with Crippen molar-refractivity contribution in [1.82, 2.24) is 5.32 Å². The first kappa shape index (κ1) is 15.0. The van der Waals surface area contributed by atoms with E-state index in [-0.39, 0.29) is 12.4 Å². The maximum Gasteiger partial charge on any atom is 0.101 e. The number of halogens is 1. The minimum atomic E-state index is 0. The van der Waals surface area contributed by atoms with Crippen LogP contribution >= 0.6 is 12.4 Å². The predicted octanol–water partition coefficient (Wildman–Crippen LogP) is 3.28. The number of hydrogen-bond acceptors (Lipinski definition) is 2. The molecule has 3 heteroatoms. The van der Waals surface area contributed by atoms with Crippen LogP contribution in [0.4, 0.5) is 0 Å². The number of aliphatic imine (C=N–C) groups is 1. The molecule has 100 valence electrons. The summed E-state index contributed by atoms with van der Waals surface area (Å²) < 4.78 is 0. The number of amidine groups is 1. The molecule has 0 amide bonds. The smallest absolute Gasteiger partial charge is 0.101 e. The van der Waals surface area contributed by atoms with Crippen molar-refractivity contribution in [2.45, 2.75) is 40.5 Å². The second-order valence-electron chi connectivity index (χ2n) is 5.02. The second-order valence-corrected chi connectivity index (χ2v) is 5.02. The molecule has 0 fully saturated rings. The fourth-order valence-electron chi connectivity index (χ4n) is 2.43. The molecule has 2 rings (SSSR count). The quantitative estimate of drug-likeness (QED) is 0.873. The number of aryl methyl sites for hydroxylation is 2. The lowest BCUT2D eigenvalue weighted by Crippen LogP contribution is -2.31.